The molecule has 0 unspecified atom stereocenters. The number of rotatable bonds is 6. The predicted molar refractivity (Wildman–Crippen MR) is 103 cm³/mol. The summed E-state index contributed by atoms with van der Waals surface area (Å²) < 4.78 is 5.52. The van der Waals surface area contributed by atoms with Crippen molar-refractivity contribution in [3.63, 3.8) is 0 Å². The molecule has 0 saturated carbocycles. The lowest BCUT2D eigenvalue weighted by Gasteiger charge is -2.17. The summed E-state index contributed by atoms with van der Waals surface area (Å²) in [5, 5.41) is 22.8. The van der Waals surface area contributed by atoms with Crippen molar-refractivity contribution < 1.29 is 19.1 Å². The number of benzene rings is 2. The molecule has 3 aromatic rings. The highest BCUT2D eigenvalue weighted by atomic mass is 16.4. The van der Waals surface area contributed by atoms with Crippen LogP contribution in [-0.2, 0) is 16.0 Å². The van der Waals surface area contributed by atoms with Crippen molar-refractivity contribution in [3.05, 3.63) is 60.5 Å². The number of amides is 2. The van der Waals surface area contributed by atoms with Gasteiger partial charge in [0.05, 0.1) is 0 Å². The molecule has 1 heterocycles. The largest absolute Gasteiger partial charge is 0.420 e. The number of hydrogen-bond donors (Lipinski definition) is 3. The maximum atomic E-state index is 12.3. The molecule has 8 nitrogen and oxygen atoms in total. The van der Waals surface area contributed by atoms with Gasteiger partial charge < -0.3 is 20.2 Å². The van der Waals surface area contributed by atoms with E-state index in [9.17, 15) is 14.7 Å². The number of aliphatic hydroxyl groups is 1. The van der Waals surface area contributed by atoms with Crippen LogP contribution in [0, 0.1) is 0 Å². The lowest BCUT2D eigenvalue weighted by molar-refractivity contribution is -0.130. The Morgan fingerprint density at radius 3 is 2.36 bits per heavy atom. The average molecular weight is 380 g/mol. The molecule has 0 radical (unpaired) electrons. The molecular weight excluding hydrogens is 360 g/mol. The fraction of sp³-hybridized carbons (Fsp3) is 0.200. The molecule has 0 aliphatic rings. The smallest absolute Gasteiger partial charge is 0.255 e. The molecule has 1 aromatic heterocycles. The Morgan fingerprint density at radius 1 is 1.00 bits per heavy atom. The van der Waals surface area contributed by atoms with Crippen molar-refractivity contribution in [2.75, 3.05) is 10.6 Å². The Bertz CT molecular complexity index is 977. The molecule has 28 heavy (non-hydrogen) atoms. The van der Waals surface area contributed by atoms with E-state index in [-0.39, 0.29) is 18.2 Å². The molecule has 0 aliphatic heterocycles. The molecule has 3 rings (SSSR count). The number of aromatic nitrogens is 2. The van der Waals surface area contributed by atoms with Crippen LogP contribution in [-0.4, -0.2) is 32.7 Å². The van der Waals surface area contributed by atoms with E-state index in [1.54, 1.807) is 24.3 Å². The number of hydrogen-bond acceptors (Lipinski definition) is 6. The van der Waals surface area contributed by atoms with Crippen LogP contribution in [0.4, 0.5) is 11.4 Å². The highest BCUT2D eigenvalue weighted by molar-refractivity contribution is 5.97. The molecule has 2 aromatic carbocycles. The van der Waals surface area contributed by atoms with Crippen LogP contribution < -0.4 is 10.6 Å². The number of carbonyl (C=O) groups excluding carboxylic acids is 2. The predicted octanol–water partition coefficient (Wildman–Crippen LogP) is 2.63. The minimum Gasteiger partial charge on any atom is -0.420 e. The summed E-state index contributed by atoms with van der Waals surface area (Å²) in [6.07, 6.45) is -0.0832. The number of anilines is 2. The Balaban J connectivity index is 1.62. The molecule has 0 aliphatic carbocycles. The van der Waals surface area contributed by atoms with Gasteiger partial charge in [-0.1, -0.05) is 24.3 Å². The molecule has 0 bridgehead atoms. The molecule has 8 heteroatoms. The second-order valence-corrected chi connectivity index (χ2v) is 6.69. The van der Waals surface area contributed by atoms with Crippen LogP contribution in [0.1, 0.15) is 19.7 Å². The van der Waals surface area contributed by atoms with Gasteiger partial charge in [-0.15, -0.1) is 10.2 Å². The summed E-state index contributed by atoms with van der Waals surface area (Å²) in [5.74, 6) is -0.341. The molecule has 0 atom stereocenters. The van der Waals surface area contributed by atoms with Crippen LogP contribution in [0.15, 0.2) is 59.0 Å². The second kappa shape index (κ2) is 8.01. The normalized spacial score (nSPS) is 11.1. The zero-order valence-electron chi connectivity index (χ0n) is 15.5. The van der Waals surface area contributed by atoms with E-state index < -0.39 is 11.5 Å². The van der Waals surface area contributed by atoms with Gasteiger partial charge in [-0.3, -0.25) is 9.59 Å². The molecule has 144 valence electrons. The van der Waals surface area contributed by atoms with Crippen LogP contribution in [0.2, 0.25) is 0 Å². The first kappa shape index (κ1) is 19.2. The van der Waals surface area contributed by atoms with E-state index in [4.69, 9.17) is 4.42 Å². The first-order valence-electron chi connectivity index (χ1n) is 8.63. The van der Waals surface area contributed by atoms with Gasteiger partial charge in [0, 0.05) is 16.9 Å². The summed E-state index contributed by atoms with van der Waals surface area (Å²) >= 11 is 0. The van der Waals surface area contributed by atoms with E-state index in [0.717, 1.165) is 5.56 Å². The zero-order valence-corrected chi connectivity index (χ0v) is 15.5. The van der Waals surface area contributed by atoms with E-state index in [0.29, 0.717) is 17.3 Å². The molecule has 3 N–H and O–H groups in total. The van der Waals surface area contributed by atoms with Gasteiger partial charge in [-0.2, -0.15) is 0 Å². The topological polar surface area (TPSA) is 117 Å². The zero-order chi connectivity index (χ0) is 20.1. The van der Waals surface area contributed by atoms with Crippen LogP contribution in [0.25, 0.3) is 11.5 Å². The lowest BCUT2D eigenvalue weighted by Crippen LogP contribution is -2.36. The van der Waals surface area contributed by atoms with Crippen molar-refractivity contribution >= 4 is 23.2 Å². The Kier molecular flexibility index (Phi) is 5.51. The third kappa shape index (κ3) is 5.01. The van der Waals surface area contributed by atoms with Crippen molar-refractivity contribution in [1.82, 2.24) is 10.2 Å². The number of carbonyl (C=O) groups is 2. The Labute approximate surface area is 161 Å². The monoisotopic (exact) mass is 380 g/mol. The van der Waals surface area contributed by atoms with Gasteiger partial charge in [0.2, 0.25) is 17.7 Å². The standard InChI is InChI=1S/C20H20N4O4/c1-20(2,27)19(26)22-15-10-6-9-14(11-15)21-16(25)12-17-23-24-18(28-17)13-7-4-3-5-8-13/h3-11,27H,12H2,1-2H3,(H,21,25)(H,22,26). The van der Waals surface area contributed by atoms with Gasteiger partial charge in [0.25, 0.3) is 5.91 Å². The number of nitrogens with one attached hydrogen (secondary N) is 2. The van der Waals surface area contributed by atoms with Gasteiger partial charge >= 0.3 is 0 Å². The third-order valence-electron chi connectivity index (χ3n) is 3.76. The summed E-state index contributed by atoms with van der Waals surface area (Å²) in [7, 11) is 0. The average Bonchev–Trinajstić information content (AvgIpc) is 3.10. The van der Waals surface area contributed by atoms with E-state index in [1.165, 1.54) is 13.8 Å². The summed E-state index contributed by atoms with van der Waals surface area (Å²) in [5.41, 5.74) is 0.209. The van der Waals surface area contributed by atoms with Crippen molar-refractivity contribution in [2.45, 2.75) is 25.9 Å². The fourth-order valence-electron chi connectivity index (χ4n) is 2.32. The number of nitrogens with zero attached hydrogens (tertiary/aromatic N) is 2. The molecule has 2 amide bonds. The minimum atomic E-state index is -1.51. The van der Waals surface area contributed by atoms with E-state index >= 15 is 0 Å². The Morgan fingerprint density at radius 2 is 1.68 bits per heavy atom. The van der Waals surface area contributed by atoms with Crippen molar-refractivity contribution in [2.24, 2.45) is 0 Å². The maximum absolute atomic E-state index is 12.3. The van der Waals surface area contributed by atoms with Gasteiger partial charge in [0.1, 0.15) is 12.0 Å². The molecule has 0 spiro atoms. The minimum absolute atomic E-state index is 0.0832. The first-order chi connectivity index (χ1) is 13.3. The van der Waals surface area contributed by atoms with Crippen LogP contribution in [0.5, 0.6) is 0 Å². The quantitative estimate of drug-likeness (QED) is 0.605. The highest BCUT2D eigenvalue weighted by Crippen LogP contribution is 2.19. The van der Waals surface area contributed by atoms with Gasteiger partial charge in [0.15, 0.2) is 0 Å². The lowest BCUT2D eigenvalue weighted by atomic mass is 10.1. The van der Waals surface area contributed by atoms with Gasteiger partial charge in [-0.25, -0.2) is 0 Å². The van der Waals surface area contributed by atoms with E-state index in [2.05, 4.69) is 20.8 Å². The highest BCUT2D eigenvalue weighted by Gasteiger charge is 2.23. The SMILES string of the molecule is CC(C)(O)C(=O)Nc1cccc(NC(=O)Cc2nnc(-c3ccccc3)o2)c1. The third-order valence-corrected chi connectivity index (χ3v) is 3.76. The second-order valence-electron chi connectivity index (χ2n) is 6.69. The maximum Gasteiger partial charge on any atom is 0.255 e. The Hall–Kier alpha value is -3.52. The van der Waals surface area contributed by atoms with Crippen molar-refractivity contribution in [3.8, 4) is 11.5 Å². The van der Waals surface area contributed by atoms with Gasteiger partial charge in [-0.05, 0) is 44.2 Å². The molecular formula is C20H20N4O4. The molecule has 0 fully saturated rings. The first-order valence-corrected chi connectivity index (χ1v) is 8.63. The van der Waals surface area contributed by atoms with E-state index in [1.807, 2.05) is 30.3 Å². The van der Waals surface area contributed by atoms with Crippen LogP contribution in [0.3, 0.4) is 0 Å². The summed E-state index contributed by atoms with van der Waals surface area (Å²) in [6.45, 7) is 2.78. The summed E-state index contributed by atoms with van der Waals surface area (Å²) in [4.78, 5) is 24.1. The fourth-order valence-corrected chi connectivity index (χ4v) is 2.32. The van der Waals surface area contributed by atoms with Crippen molar-refractivity contribution in [1.29, 1.82) is 0 Å². The molecule has 0 saturated heterocycles. The van der Waals surface area contributed by atoms with Crippen LogP contribution >= 0.6 is 0 Å². The summed E-state index contributed by atoms with van der Waals surface area (Å²) in [6, 6.07) is 15.9.